The van der Waals surface area contributed by atoms with Gasteiger partial charge in [0.1, 0.15) is 15.7 Å². The van der Waals surface area contributed by atoms with E-state index in [1.807, 2.05) is 0 Å². The van der Waals surface area contributed by atoms with Crippen molar-refractivity contribution in [3.05, 3.63) is 41.3 Å². The number of methoxy groups -OCH3 is 2. The fourth-order valence-corrected chi connectivity index (χ4v) is 5.60. The number of hydrogen-bond acceptors (Lipinski definition) is 6. The monoisotopic (exact) mass is 410 g/mol. The van der Waals surface area contributed by atoms with Gasteiger partial charge in [-0.05, 0) is 36.4 Å². The summed E-state index contributed by atoms with van der Waals surface area (Å²) in [6.07, 6.45) is 1.13. The van der Waals surface area contributed by atoms with E-state index in [-0.39, 0.29) is 11.9 Å². The number of nitrogens with zero attached hydrogens (tertiary/aromatic N) is 1. The fourth-order valence-electron chi connectivity index (χ4n) is 2.99. The molecule has 146 valence electrons. The molecule has 2 heterocycles. The van der Waals surface area contributed by atoms with Gasteiger partial charge in [-0.25, -0.2) is 8.42 Å². The molecule has 1 aromatic heterocycles. The third-order valence-electron chi connectivity index (χ3n) is 4.49. The highest BCUT2D eigenvalue weighted by molar-refractivity contribution is 7.91. The number of benzene rings is 1. The van der Waals surface area contributed by atoms with Crippen molar-refractivity contribution in [1.29, 1.82) is 0 Å². The van der Waals surface area contributed by atoms with Gasteiger partial charge in [0.05, 0.1) is 14.2 Å². The summed E-state index contributed by atoms with van der Waals surface area (Å²) in [6, 6.07) is 8.26. The van der Waals surface area contributed by atoms with Crippen LogP contribution in [0.4, 0.5) is 0 Å². The van der Waals surface area contributed by atoms with E-state index in [4.69, 9.17) is 9.47 Å². The smallest absolute Gasteiger partial charge is 0.252 e. The minimum absolute atomic E-state index is 0.0792. The van der Waals surface area contributed by atoms with Crippen LogP contribution in [0, 0.1) is 0 Å². The minimum Gasteiger partial charge on any atom is -0.497 e. The Morgan fingerprint density at radius 2 is 1.78 bits per heavy atom. The third kappa shape index (κ3) is 4.42. The molecule has 1 aliphatic rings. The number of carbonyl (C=O) groups is 1. The molecule has 1 N–H and O–H groups in total. The highest BCUT2D eigenvalue weighted by Gasteiger charge is 2.30. The fraction of sp³-hybridized carbons (Fsp3) is 0.389. The van der Waals surface area contributed by atoms with Crippen molar-refractivity contribution in [2.45, 2.75) is 23.1 Å². The second kappa shape index (κ2) is 8.28. The van der Waals surface area contributed by atoms with Crippen molar-refractivity contribution in [1.82, 2.24) is 9.62 Å². The predicted molar refractivity (Wildman–Crippen MR) is 103 cm³/mol. The number of ether oxygens (including phenoxy) is 2. The number of carbonyl (C=O) groups excluding carboxylic acids is 1. The van der Waals surface area contributed by atoms with Gasteiger partial charge in [0.15, 0.2) is 0 Å². The maximum Gasteiger partial charge on any atom is 0.252 e. The molecule has 0 saturated carbocycles. The third-order valence-corrected chi connectivity index (χ3v) is 7.76. The van der Waals surface area contributed by atoms with E-state index in [1.165, 1.54) is 29.9 Å². The number of piperidine rings is 1. The summed E-state index contributed by atoms with van der Waals surface area (Å²) in [6.45, 7) is 0.763. The zero-order valence-corrected chi connectivity index (χ0v) is 16.8. The molecule has 0 spiro atoms. The maximum absolute atomic E-state index is 12.6. The molecule has 7 nitrogen and oxygen atoms in total. The van der Waals surface area contributed by atoms with Crippen molar-refractivity contribution < 1.29 is 22.7 Å². The summed E-state index contributed by atoms with van der Waals surface area (Å²) in [5.74, 6) is 0.847. The van der Waals surface area contributed by atoms with Gasteiger partial charge in [0.25, 0.3) is 15.9 Å². The van der Waals surface area contributed by atoms with Crippen LogP contribution in [0.5, 0.6) is 11.5 Å². The normalized spacial score (nSPS) is 16.1. The highest BCUT2D eigenvalue weighted by Crippen LogP contribution is 2.25. The summed E-state index contributed by atoms with van der Waals surface area (Å²) in [5.41, 5.74) is 0.444. The number of amides is 1. The van der Waals surface area contributed by atoms with Crippen molar-refractivity contribution in [3.8, 4) is 11.5 Å². The average Bonchev–Trinajstić information content (AvgIpc) is 3.23. The number of thiophene rings is 1. The van der Waals surface area contributed by atoms with Crippen LogP contribution in [0.1, 0.15) is 23.2 Å². The Labute approximate surface area is 163 Å². The van der Waals surface area contributed by atoms with Crippen LogP contribution in [0.15, 0.2) is 39.9 Å². The van der Waals surface area contributed by atoms with E-state index in [0.717, 1.165) is 0 Å². The van der Waals surface area contributed by atoms with E-state index in [1.54, 1.807) is 35.7 Å². The Hall–Kier alpha value is -2.10. The summed E-state index contributed by atoms with van der Waals surface area (Å²) in [5, 5.41) is 4.73. The van der Waals surface area contributed by atoms with Crippen LogP contribution >= 0.6 is 11.3 Å². The summed E-state index contributed by atoms with van der Waals surface area (Å²) >= 11 is 1.22. The van der Waals surface area contributed by atoms with E-state index in [9.17, 15) is 13.2 Å². The first-order valence-electron chi connectivity index (χ1n) is 8.51. The lowest BCUT2D eigenvalue weighted by atomic mass is 10.1. The molecule has 27 heavy (non-hydrogen) atoms. The van der Waals surface area contributed by atoms with Gasteiger partial charge in [-0.3, -0.25) is 4.79 Å². The Kier molecular flexibility index (Phi) is 6.03. The zero-order chi connectivity index (χ0) is 19.4. The van der Waals surface area contributed by atoms with Crippen LogP contribution < -0.4 is 14.8 Å². The van der Waals surface area contributed by atoms with Crippen molar-refractivity contribution in [2.24, 2.45) is 0 Å². The van der Waals surface area contributed by atoms with Crippen LogP contribution in [0.2, 0.25) is 0 Å². The number of nitrogens with one attached hydrogen (secondary N) is 1. The molecule has 2 aromatic rings. The van der Waals surface area contributed by atoms with Crippen LogP contribution in [-0.4, -0.2) is 52.0 Å². The molecule has 0 unspecified atom stereocenters. The second-order valence-electron chi connectivity index (χ2n) is 6.19. The second-order valence-corrected chi connectivity index (χ2v) is 9.30. The lowest BCUT2D eigenvalue weighted by molar-refractivity contribution is 0.0923. The predicted octanol–water partition coefficient (Wildman–Crippen LogP) is 2.35. The van der Waals surface area contributed by atoms with E-state index in [0.29, 0.717) is 47.2 Å². The van der Waals surface area contributed by atoms with Crippen LogP contribution in [0.3, 0.4) is 0 Å². The largest absolute Gasteiger partial charge is 0.497 e. The molecule has 1 aromatic carbocycles. The van der Waals surface area contributed by atoms with Gasteiger partial charge >= 0.3 is 0 Å². The van der Waals surface area contributed by atoms with Gasteiger partial charge in [-0.15, -0.1) is 11.3 Å². The standard InChI is InChI=1S/C18H22N2O5S2/c1-24-15-10-13(11-16(12-15)25-2)18(21)19-14-5-7-20(8-6-14)27(22,23)17-4-3-9-26-17/h3-4,9-12,14H,5-8H2,1-2H3,(H,19,21). The SMILES string of the molecule is COc1cc(OC)cc(C(=O)NC2CCN(S(=O)(=O)c3cccs3)CC2)c1. The van der Waals surface area contributed by atoms with Crippen molar-refractivity contribution in [3.63, 3.8) is 0 Å². The quantitative estimate of drug-likeness (QED) is 0.790. The minimum atomic E-state index is -3.43. The summed E-state index contributed by atoms with van der Waals surface area (Å²) in [7, 11) is -0.379. The number of rotatable bonds is 6. The molecule has 0 bridgehead atoms. The lowest BCUT2D eigenvalue weighted by Gasteiger charge is -2.31. The van der Waals surface area contributed by atoms with Gasteiger partial charge in [-0.1, -0.05) is 6.07 Å². The molecule has 1 fully saturated rings. The van der Waals surface area contributed by atoms with Crippen molar-refractivity contribution in [2.75, 3.05) is 27.3 Å². The van der Waals surface area contributed by atoms with E-state index < -0.39 is 10.0 Å². The van der Waals surface area contributed by atoms with Gasteiger partial charge in [0, 0.05) is 30.8 Å². The molecule has 0 radical (unpaired) electrons. The highest BCUT2D eigenvalue weighted by atomic mass is 32.2. The van der Waals surface area contributed by atoms with E-state index >= 15 is 0 Å². The van der Waals surface area contributed by atoms with E-state index in [2.05, 4.69) is 5.32 Å². The molecule has 1 saturated heterocycles. The molecular weight excluding hydrogens is 388 g/mol. The maximum atomic E-state index is 12.6. The van der Waals surface area contributed by atoms with Crippen LogP contribution in [-0.2, 0) is 10.0 Å². The molecule has 0 atom stereocenters. The Morgan fingerprint density at radius 1 is 1.15 bits per heavy atom. The molecule has 3 rings (SSSR count). The first-order chi connectivity index (χ1) is 12.9. The molecule has 1 aliphatic heterocycles. The Balaban J connectivity index is 1.62. The first kappa shape index (κ1) is 19.7. The van der Waals surface area contributed by atoms with Crippen LogP contribution in [0.25, 0.3) is 0 Å². The molecule has 0 aliphatic carbocycles. The van der Waals surface area contributed by atoms with Gasteiger partial charge in [-0.2, -0.15) is 4.31 Å². The lowest BCUT2D eigenvalue weighted by Crippen LogP contribution is -2.46. The van der Waals surface area contributed by atoms with Crippen molar-refractivity contribution >= 4 is 27.3 Å². The molecule has 1 amide bonds. The molecular formula is C18H22N2O5S2. The summed E-state index contributed by atoms with van der Waals surface area (Å²) < 4.78 is 37.3. The average molecular weight is 411 g/mol. The Bertz CT molecular complexity index is 866. The number of sulfonamides is 1. The Morgan fingerprint density at radius 3 is 2.30 bits per heavy atom. The van der Waals surface area contributed by atoms with Gasteiger partial charge in [0.2, 0.25) is 0 Å². The molecule has 9 heteroatoms. The van der Waals surface area contributed by atoms with Gasteiger partial charge < -0.3 is 14.8 Å². The summed E-state index contributed by atoms with van der Waals surface area (Å²) in [4.78, 5) is 12.6. The first-order valence-corrected chi connectivity index (χ1v) is 10.8. The zero-order valence-electron chi connectivity index (χ0n) is 15.2. The number of hydrogen-bond donors (Lipinski definition) is 1. The topological polar surface area (TPSA) is 84.9 Å².